The lowest BCUT2D eigenvalue weighted by molar-refractivity contribution is 0.0563. The van der Waals surface area contributed by atoms with Crippen LogP contribution in [-0.2, 0) is 11.3 Å². The van der Waals surface area contributed by atoms with Gasteiger partial charge in [0.15, 0.2) is 0 Å². The Morgan fingerprint density at radius 2 is 2.14 bits per heavy atom. The molecule has 0 aliphatic rings. The predicted octanol–water partition coefficient (Wildman–Crippen LogP) is 1.82. The quantitative estimate of drug-likeness (QED) is 0.686. The van der Waals surface area contributed by atoms with Crippen LogP contribution in [0.2, 0.25) is 0 Å². The van der Waals surface area contributed by atoms with E-state index in [4.69, 9.17) is 4.42 Å². The molecular formula is C15H12N2O4. The summed E-state index contributed by atoms with van der Waals surface area (Å²) < 4.78 is 11.2. The van der Waals surface area contributed by atoms with Crippen LogP contribution in [0.1, 0.15) is 16.1 Å². The summed E-state index contributed by atoms with van der Waals surface area (Å²) in [5.74, 6) is -0.477. The summed E-state index contributed by atoms with van der Waals surface area (Å²) in [6, 6.07) is 8.74. The monoisotopic (exact) mass is 284 g/mol. The smallest absolute Gasteiger partial charge is 0.374 e. The third-order valence-electron chi connectivity index (χ3n) is 3.19. The lowest BCUT2D eigenvalue weighted by Gasteiger charge is -2.06. The van der Waals surface area contributed by atoms with Crippen molar-refractivity contribution in [3.8, 4) is 0 Å². The summed E-state index contributed by atoms with van der Waals surface area (Å²) >= 11 is 0. The Morgan fingerprint density at radius 3 is 2.95 bits per heavy atom. The van der Waals surface area contributed by atoms with Gasteiger partial charge in [-0.05, 0) is 18.2 Å². The Hall–Kier alpha value is -2.89. The first kappa shape index (κ1) is 13.1. The summed E-state index contributed by atoms with van der Waals surface area (Å²) in [5.41, 5.74) is 1.04. The van der Waals surface area contributed by atoms with Gasteiger partial charge in [0.2, 0.25) is 5.76 Å². The molecule has 0 atom stereocenters. The van der Waals surface area contributed by atoms with Crippen molar-refractivity contribution in [2.24, 2.45) is 0 Å². The minimum atomic E-state index is -0.572. The second-order valence-electron chi connectivity index (χ2n) is 4.46. The van der Waals surface area contributed by atoms with Gasteiger partial charge in [-0.15, -0.1) is 0 Å². The normalized spacial score (nSPS) is 10.7. The maximum atomic E-state index is 12.4. The highest BCUT2D eigenvalue weighted by atomic mass is 16.5. The number of esters is 1. The SMILES string of the molecule is COC(=O)c1occc1Cn1cnc2ccccc2c1=O. The molecule has 0 fully saturated rings. The van der Waals surface area contributed by atoms with E-state index in [0.29, 0.717) is 16.5 Å². The molecule has 2 aromatic heterocycles. The van der Waals surface area contributed by atoms with Crippen LogP contribution >= 0.6 is 0 Å². The van der Waals surface area contributed by atoms with E-state index >= 15 is 0 Å². The summed E-state index contributed by atoms with van der Waals surface area (Å²) in [4.78, 5) is 28.2. The Kier molecular flexibility index (Phi) is 3.27. The highest BCUT2D eigenvalue weighted by Crippen LogP contribution is 2.13. The molecule has 0 aliphatic heterocycles. The van der Waals surface area contributed by atoms with Crippen molar-refractivity contribution in [3.63, 3.8) is 0 Å². The van der Waals surface area contributed by atoms with E-state index in [1.54, 1.807) is 24.3 Å². The lowest BCUT2D eigenvalue weighted by Crippen LogP contribution is -2.21. The molecule has 6 nitrogen and oxygen atoms in total. The number of carbonyl (C=O) groups is 1. The molecular weight excluding hydrogens is 272 g/mol. The third-order valence-corrected chi connectivity index (χ3v) is 3.19. The number of hydrogen-bond donors (Lipinski definition) is 0. The number of carbonyl (C=O) groups excluding carboxylic acids is 1. The zero-order valence-electron chi connectivity index (χ0n) is 11.3. The lowest BCUT2D eigenvalue weighted by atomic mass is 10.2. The topological polar surface area (TPSA) is 74.3 Å². The molecule has 0 N–H and O–H groups in total. The van der Waals surface area contributed by atoms with E-state index in [-0.39, 0.29) is 17.9 Å². The number of fused-ring (bicyclic) bond motifs is 1. The molecule has 1 aromatic carbocycles. The number of nitrogens with zero attached hydrogens (tertiary/aromatic N) is 2. The summed E-state index contributed by atoms with van der Waals surface area (Å²) in [6.07, 6.45) is 2.85. The van der Waals surface area contributed by atoms with Crippen molar-refractivity contribution in [1.29, 1.82) is 0 Å². The number of methoxy groups -OCH3 is 1. The average Bonchev–Trinajstić information content (AvgIpc) is 2.98. The predicted molar refractivity (Wildman–Crippen MR) is 75.2 cm³/mol. The first-order valence-electron chi connectivity index (χ1n) is 6.29. The maximum Gasteiger partial charge on any atom is 0.374 e. The maximum absolute atomic E-state index is 12.4. The molecule has 3 rings (SSSR count). The van der Waals surface area contributed by atoms with Crippen LogP contribution in [-0.4, -0.2) is 22.6 Å². The molecule has 0 radical (unpaired) electrons. The highest BCUT2D eigenvalue weighted by molar-refractivity contribution is 5.87. The summed E-state index contributed by atoms with van der Waals surface area (Å²) in [5, 5.41) is 0.531. The van der Waals surface area contributed by atoms with Gasteiger partial charge in [0, 0.05) is 5.56 Å². The van der Waals surface area contributed by atoms with E-state index in [9.17, 15) is 9.59 Å². The standard InChI is InChI=1S/C15H12N2O4/c1-20-15(19)13-10(6-7-21-13)8-17-9-16-12-5-3-2-4-11(12)14(17)18/h2-7,9H,8H2,1H3. The van der Waals surface area contributed by atoms with Crippen LogP contribution in [0.25, 0.3) is 10.9 Å². The van der Waals surface area contributed by atoms with Gasteiger partial charge < -0.3 is 9.15 Å². The fourth-order valence-electron chi connectivity index (χ4n) is 2.13. The van der Waals surface area contributed by atoms with Crippen LogP contribution in [0.3, 0.4) is 0 Å². The van der Waals surface area contributed by atoms with E-state index in [1.807, 2.05) is 6.07 Å². The highest BCUT2D eigenvalue weighted by Gasteiger charge is 2.16. The van der Waals surface area contributed by atoms with Crippen LogP contribution in [0.5, 0.6) is 0 Å². The minimum Gasteiger partial charge on any atom is -0.463 e. The second-order valence-corrected chi connectivity index (χ2v) is 4.46. The number of rotatable bonds is 3. The molecule has 106 valence electrons. The second kappa shape index (κ2) is 5.24. The molecule has 0 spiro atoms. The van der Waals surface area contributed by atoms with Crippen molar-refractivity contribution < 1.29 is 13.9 Å². The Labute approximate surface area is 119 Å². The molecule has 0 aliphatic carbocycles. The molecule has 0 bridgehead atoms. The van der Waals surface area contributed by atoms with Crippen molar-refractivity contribution in [1.82, 2.24) is 9.55 Å². The summed E-state index contributed by atoms with van der Waals surface area (Å²) in [7, 11) is 1.28. The Morgan fingerprint density at radius 1 is 1.33 bits per heavy atom. The van der Waals surface area contributed by atoms with Gasteiger partial charge in [-0.25, -0.2) is 9.78 Å². The Balaban J connectivity index is 2.03. The van der Waals surface area contributed by atoms with E-state index < -0.39 is 5.97 Å². The van der Waals surface area contributed by atoms with Crippen molar-refractivity contribution in [2.75, 3.05) is 7.11 Å². The molecule has 2 heterocycles. The van der Waals surface area contributed by atoms with Gasteiger partial charge in [-0.1, -0.05) is 12.1 Å². The number of aromatic nitrogens is 2. The van der Waals surface area contributed by atoms with E-state index in [0.717, 1.165) is 0 Å². The number of hydrogen-bond acceptors (Lipinski definition) is 5. The third kappa shape index (κ3) is 2.31. The van der Waals surface area contributed by atoms with Crippen LogP contribution in [0, 0.1) is 0 Å². The average molecular weight is 284 g/mol. The van der Waals surface area contributed by atoms with Gasteiger partial charge >= 0.3 is 5.97 Å². The van der Waals surface area contributed by atoms with Gasteiger partial charge in [0.1, 0.15) is 0 Å². The van der Waals surface area contributed by atoms with Gasteiger partial charge in [0.25, 0.3) is 5.56 Å². The van der Waals surface area contributed by atoms with E-state index in [2.05, 4.69) is 9.72 Å². The number of para-hydroxylation sites is 1. The number of benzene rings is 1. The zero-order valence-corrected chi connectivity index (χ0v) is 11.3. The molecule has 0 amide bonds. The van der Waals surface area contributed by atoms with Crippen molar-refractivity contribution >= 4 is 16.9 Å². The Bertz CT molecular complexity index is 863. The van der Waals surface area contributed by atoms with Crippen LogP contribution in [0.15, 0.2) is 52.1 Å². The van der Waals surface area contributed by atoms with Crippen LogP contribution in [0.4, 0.5) is 0 Å². The fraction of sp³-hybridized carbons (Fsp3) is 0.133. The van der Waals surface area contributed by atoms with Gasteiger partial charge in [-0.2, -0.15) is 0 Å². The zero-order chi connectivity index (χ0) is 14.8. The molecule has 6 heteroatoms. The number of furan rings is 1. The van der Waals surface area contributed by atoms with Crippen molar-refractivity contribution in [2.45, 2.75) is 6.54 Å². The molecule has 0 unspecified atom stereocenters. The molecule has 0 saturated heterocycles. The van der Waals surface area contributed by atoms with Gasteiger partial charge in [0.05, 0.1) is 37.1 Å². The molecule has 3 aromatic rings. The van der Waals surface area contributed by atoms with Gasteiger partial charge in [-0.3, -0.25) is 9.36 Å². The molecule has 21 heavy (non-hydrogen) atoms. The minimum absolute atomic E-state index is 0.0950. The summed E-state index contributed by atoms with van der Waals surface area (Å²) in [6.45, 7) is 0.192. The molecule has 0 saturated carbocycles. The van der Waals surface area contributed by atoms with Crippen LogP contribution < -0.4 is 5.56 Å². The van der Waals surface area contributed by atoms with E-state index in [1.165, 1.54) is 24.3 Å². The first-order valence-corrected chi connectivity index (χ1v) is 6.29. The first-order chi connectivity index (χ1) is 10.2. The number of ether oxygens (including phenoxy) is 1. The fourth-order valence-corrected chi connectivity index (χ4v) is 2.13. The van der Waals surface area contributed by atoms with Crippen molar-refractivity contribution in [3.05, 3.63) is 64.6 Å². The largest absolute Gasteiger partial charge is 0.463 e.